The van der Waals surface area contributed by atoms with Crippen LogP contribution in [0, 0.1) is 12.8 Å². The van der Waals surface area contributed by atoms with Gasteiger partial charge in [0.2, 0.25) is 0 Å². The molecule has 1 heterocycles. The molecule has 0 radical (unpaired) electrons. The van der Waals surface area contributed by atoms with E-state index in [1.54, 1.807) is 6.92 Å². The average Bonchev–Trinajstić information content (AvgIpc) is 2.52. The summed E-state index contributed by atoms with van der Waals surface area (Å²) in [6.45, 7) is 9.06. The van der Waals surface area contributed by atoms with E-state index < -0.39 is 6.10 Å². The molecule has 0 spiro atoms. The lowest BCUT2D eigenvalue weighted by Crippen LogP contribution is -2.05. The van der Waals surface area contributed by atoms with E-state index in [1.165, 1.54) is 5.56 Å². The predicted octanol–water partition coefficient (Wildman–Crippen LogP) is 4.31. The number of hydrogen-bond acceptors (Lipinski definition) is 1. The van der Waals surface area contributed by atoms with Crippen molar-refractivity contribution in [3.63, 3.8) is 0 Å². The van der Waals surface area contributed by atoms with Gasteiger partial charge in [0, 0.05) is 17.5 Å². The number of aliphatic hydroxyl groups is 1. The average molecular weight is 266 g/mol. The van der Waals surface area contributed by atoms with Crippen LogP contribution in [0.1, 0.15) is 38.0 Å². The molecule has 1 aromatic heterocycles. The highest BCUT2D eigenvalue weighted by Gasteiger charge is 2.20. The lowest BCUT2D eigenvalue weighted by atomic mass is 10.1. The maximum Gasteiger partial charge on any atom is 0.115 e. The quantitative estimate of drug-likeness (QED) is 0.879. The summed E-state index contributed by atoms with van der Waals surface area (Å²) in [4.78, 5) is 0. The zero-order valence-electron chi connectivity index (χ0n) is 11.4. The van der Waals surface area contributed by atoms with Crippen molar-refractivity contribution in [2.45, 2.75) is 40.3 Å². The summed E-state index contributed by atoms with van der Waals surface area (Å²) in [6.07, 6.45) is -0.546. The van der Waals surface area contributed by atoms with Crippen LogP contribution < -0.4 is 0 Å². The van der Waals surface area contributed by atoms with E-state index in [0.29, 0.717) is 11.1 Å². The Morgan fingerprint density at radius 3 is 2.50 bits per heavy atom. The zero-order chi connectivity index (χ0) is 13.4. The largest absolute Gasteiger partial charge is 0.389 e. The van der Waals surface area contributed by atoms with Gasteiger partial charge >= 0.3 is 0 Å². The van der Waals surface area contributed by atoms with Gasteiger partial charge in [0.15, 0.2) is 0 Å². The molecule has 1 N–H and O–H groups in total. The van der Waals surface area contributed by atoms with Crippen LogP contribution in [-0.2, 0) is 6.54 Å². The second-order valence-corrected chi connectivity index (χ2v) is 5.71. The number of para-hydroxylation sites is 1. The van der Waals surface area contributed by atoms with Crippen LogP contribution in [0.25, 0.3) is 10.9 Å². The summed E-state index contributed by atoms with van der Waals surface area (Å²) < 4.78 is 2.12. The fourth-order valence-corrected chi connectivity index (χ4v) is 2.94. The Morgan fingerprint density at radius 1 is 1.28 bits per heavy atom. The lowest BCUT2D eigenvalue weighted by molar-refractivity contribution is 0.200. The summed E-state index contributed by atoms with van der Waals surface area (Å²) in [5, 5.41) is 11.7. The maximum absolute atomic E-state index is 9.94. The van der Waals surface area contributed by atoms with Gasteiger partial charge in [-0.1, -0.05) is 43.6 Å². The third-order valence-corrected chi connectivity index (χ3v) is 3.63. The molecule has 0 saturated heterocycles. The first-order chi connectivity index (χ1) is 8.43. The van der Waals surface area contributed by atoms with Crippen LogP contribution in [0.4, 0.5) is 0 Å². The van der Waals surface area contributed by atoms with Crippen molar-refractivity contribution in [3.8, 4) is 0 Å². The van der Waals surface area contributed by atoms with Crippen LogP contribution >= 0.6 is 11.6 Å². The van der Waals surface area contributed by atoms with Gasteiger partial charge in [0.05, 0.1) is 11.6 Å². The van der Waals surface area contributed by atoms with Crippen LogP contribution in [0.5, 0.6) is 0 Å². The Labute approximate surface area is 113 Å². The van der Waals surface area contributed by atoms with Crippen molar-refractivity contribution in [2.24, 2.45) is 5.92 Å². The molecule has 2 rings (SSSR count). The Balaban J connectivity index is 2.79. The SMILES string of the molecule is Cc1cccc2c(C(C)O)c(Cl)n(CC(C)C)c12. The fraction of sp³-hybridized carbons (Fsp3) is 0.467. The number of nitrogens with zero attached hydrogens (tertiary/aromatic N) is 1. The van der Waals surface area contributed by atoms with Crippen molar-refractivity contribution in [1.29, 1.82) is 0 Å². The zero-order valence-corrected chi connectivity index (χ0v) is 12.1. The highest BCUT2D eigenvalue weighted by molar-refractivity contribution is 6.32. The summed E-state index contributed by atoms with van der Waals surface area (Å²) in [6, 6.07) is 6.13. The molecule has 18 heavy (non-hydrogen) atoms. The highest BCUT2D eigenvalue weighted by atomic mass is 35.5. The van der Waals surface area contributed by atoms with Crippen molar-refractivity contribution >= 4 is 22.5 Å². The second-order valence-electron chi connectivity index (χ2n) is 5.36. The minimum absolute atomic E-state index is 0.513. The number of benzene rings is 1. The van der Waals surface area contributed by atoms with Crippen molar-refractivity contribution in [3.05, 3.63) is 34.5 Å². The van der Waals surface area contributed by atoms with Crippen LogP contribution in [-0.4, -0.2) is 9.67 Å². The molecule has 98 valence electrons. The molecule has 0 fully saturated rings. The van der Waals surface area contributed by atoms with E-state index >= 15 is 0 Å². The van der Waals surface area contributed by atoms with Crippen LogP contribution in [0.3, 0.4) is 0 Å². The summed E-state index contributed by atoms with van der Waals surface area (Å²) >= 11 is 6.47. The Kier molecular flexibility index (Phi) is 3.69. The van der Waals surface area contributed by atoms with E-state index in [-0.39, 0.29) is 0 Å². The molecular formula is C15H20ClNO. The summed E-state index contributed by atoms with van der Waals surface area (Å²) in [7, 11) is 0. The summed E-state index contributed by atoms with van der Waals surface area (Å²) in [5.74, 6) is 0.513. The summed E-state index contributed by atoms with van der Waals surface area (Å²) in [5.41, 5.74) is 3.19. The van der Waals surface area contributed by atoms with Gasteiger partial charge in [0.25, 0.3) is 0 Å². The monoisotopic (exact) mass is 265 g/mol. The molecule has 0 saturated carbocycles. The first kappa shape index (κ1) is 13.4. The molecule has 0 aliphatic rings. The Hall–Kier alpha value is -0.990. The smallest absolute Gasteiger partial charge is 0.115 e. The maximum atomic E-state index is 9.94. The number of halogens is 1. The molecule has 0 bridgehead atoms. The van der Waals surface area contributed by atoms with Gasteiger partial charge in [-0.3, -0.25) is 0 Å². The van der Waals surface area contributed by atoms with Gasteiger partial charge in [-0.2, -0.15) is 0 Å². The minimum atomic E-state index is -0.546. The number of fused-ring (bicyclic) bond motifs is 1. The van der Waals surface area contributed by atoms with Gasteiger partial charge in [-0.25, -0.2) is 0 Å². The number of rotatable bonds is 3. The van der Waals surface area contributed by atoms with Crippen molar-refractivity contribution in [2.75, 3.05) is 0 Å². The normalized spacial score (nSPS) is 13.5. The molecule has 0 aliphatic carbocycles. The third kappa shape index (κ3) is 2.15. The van der Waals surface area contributed by atoms with Crippen molar-refractivity contribution in [1.82, 2.24) is 4.57 Å². The molecule has 3 heteroatoms. The van der Waals surface area contributed by atoms with Gasteiger partial charge < -0.3 is 9.67 Å². The van der Waals surface area contributed by atoms with E-state index in [4.69, 9.17) is 11.6 Å². The molecular weight excluding hydrogens is 246 g/mol. The molecule has 2 aromatic rings. The van der Waals surface area contributed by atoms with E-state index in [1.807, 2.05) is 12.1 Å². The predicted molar refractivity (Wildman–Crippen MR) is 77.2 cm³/mol. The van der Waals surface area contributed by atoms with E-state index in [2.05, 4.69) is 31.4 Å². The Morgan fingerprint density at radius 2 is 1.94 bits per heavy atom. The lowest BCUT2D eigenvalue weighted by Gasteiger charge is -2.11. The van der Waals surface area contributed by atoms with E-state index in [9.17, 15) is 5.11 Å². The van der Waals surface area contributed by atoms with Crippen LogP contribution in [0.2, 0.25) is 5.15 Å². The molecule has 0 amide bonds. The number of aliphatic hydroxyl groups excluding tert-OH is 1. The van der Waals surface area contributed by atoms with Gasteiger partial charge in [0.1, 0.15) is 5.15 Å². The van der Waals surface area contributed by atoms with E-state index in [0.717, 1.165) is 23.0 Å². The molecule has 1 atom stereocenters. The topological polar surface area (TPSA) is 25.2 Å². The first-order valence-electron chi connectivity index (χ1n) is 6.38. The number of hydrogen-bond donors (Lipinski definition) is 1. The molecule has 2 nitrogen and oxygen atoms in total. The second kappa shape index (κ2) is 4.94. The third-order valence-electron chi connectivity index (χ3n) is 3.22. The number of aryl methyl sites for hydroxylation is 1. The van der Waals surface area contributed by atoms with Gasteiger partial charge in [-0.15, -0.1) is 0 Å². The fourth-order valence-electron chi connectivity index (χ4n) is 2.52. The molecule has 1 aromatic carbocycles. The van der Waals surface area contributed by atoms with Crippen LogP contribution in [0.15, 0.2) is 18.2 Å². The molecule has 1 unspecified atom stereocenters. The highest BCUT2D eigenvalue weighted by Crippen LogP contribution is 2.36. The Bertz CT molecular complexity index is 569. The number of aromatic nitrogens is 1. The van der Waals surface area contributed by atoms with Gasteiger partial charge in [-0.05, 0) is 25.3 Å². The standard InChI is InChI=1S/C15H20ClNO/c1-9(2)8-17-14-10(3)6-5-7-12(14)13(11(4)18)15(17)16/h5-7,9,11,18H,8H2,1-4H3. The molecule has 0 aliphatic heterocycles. The van der Waals surface area contributed by atoms with Crippen molar-refractivity contribution < 1.29 is 5.11 Å². The first-order valence-corrected chi connectivity index (χ1v) is 6.76. The minimum Gasteiger partial charge on any atom is -0.389 e.